The first kappa shape index (κ1) is 18.1. The molecule has 0 unspecified atom stereocenters. The highest BCUT2D eigenvalue weighted by atomic mass is 16.6. The minimum absolute atomic E-state index is 0.0690. The summed E-state index contributed by atoms with van der Waals surface area (Å²) >= 11 is 0. The largest absolute Gasteiger partial charge is 0.478 e. The van der Waals surface area contributed by atoms with Crippen LogP contribution in [0.25, 0.3) is 0 Å². The number of amides is 1. The van der Waals surface area contributed by atoms with Crippen LogP contribution in [0.3, 0.4) is 0 Å². The average Bonchev–Trinajstić information content (AvgIpc) is 2.85. The maximum Gasteiger partial charge on any atom is 0.335 e. The van der Waals surface area contributed by atoms with E-state index in [2.05, 4.69) is 10.4 Å². The predicted octanol–water partition coefficient (Wildman–Crippen LogP) is 2.58. The highest BCUT2D eigenvalue weighted by Gasteiger charge is 2.36. The Labute approximate surface area is 143 Å². The minimum atomic E-state index is -1.09. The van der Waals surface area contributed by atoms with E-state index in [0.29, 0.717) is 5.69 Å². The van der Waals surface area contributed by atoms with E-state index in [1.54, 1.807) is 20.8 Å². The van der Waals surface area contributed by atoms with Crippen LogP contribution in [0.15, 0.2) is 24.3 Å². The summed E-state index contributed by atoms with van der Waals surface area (Å²) in [6.45, 7) is 5.32. The summed E-state index contributed by atoms with van der Waals surface area (Å²) in [6.07, 6.45) is 0. The molecule has 0 saturated heterocycles. The molecule has 0 spiro atoms. The van der Waals surface area contributed by atoms with Crippen molar-refractivity contribution in [2.45, 2.75) is 26.2 Å². The van der Waals surface area contributed by atoms with Gasteiger partial charge in [-0.05, 0) is 24.3 Å². The molecule has 0 aliphatic carbocycles. The van der Waals surface area contributed by atoms with Crippen LogP contribution in [0.5, 0.6) is 0 Å². The molecule has 9 heteroatoms. The summed E-state index contributed by atoms with van der Waals surface area (Å²) in [4.78, 5) is 34.2. The van der Waals surface area contributed by atoms with E-state index in [-0.39, 0.29) is 22.6 Å². The number of aromatic nitrogens is 2. The number of nitrogens with zero attached hydrogens (tertiary/aromatic N) is 3. The molecular formula is C16H18N4O5. The second kappa shape index (κ2) is 6.34. The number of benzene rings is 1. The maximum atomic E-state index is 12.5. The number of carbonyl (C=O) groups is 2. The van der Waals surface area contributed by atoms with E-state index in [9.17, 15) is 19.7 Å². The highest BCUT2D eigenvalue weighted by Crippen LogP contribution is 2.33. The monoisotopic (exact) mass is 346 g/mol. The van der Waals surface area contributed by atoms with Gasteiger partial charge in [-0.3, -0.25) is 19.6 Å². The van der Waals surface area contributed by atoms with E-state index >= 15 is 0 Å². The molecule has 2 N–H and O–H groups in total. The van der Waals surface area contributed by atoms with Crippen molar-refractivity contribution >= 4 is 23.3 Å². The Morgan fingerprint density at radius 3 is 2.24 bits per heavy atom. The molecule has 2 aromatic rings. The van der Waals surface area contributed by atoms with E-state index in [1.165, 1.54) is 36.0 Å². The van der Waals surface area contributed by atoms with Gasteiger partial charge in [0.2, 0.25) is 5.69 Å². The summed E-state index contributed by atoms with van der Waals surface area (Å²) in [5.74, 6) is -1.78. The van der Waals surface area contributed by atoms with Crippen molar-refractivity contribution in [3.05, 3.63) is 51.3 Å². The fourth-order valence-electron chi connectivity index (χ4n) is 2.33. The second-order valence-corrected chi connectivity index (χ2v) is 6.51. The highest BCUT2D eigenvalue weighted by molar-refractivity contribution is 6.06. The van der Waals surface area contributed by atoms with E-state index in [4.69, 9.17) is 5.11 Å². The normalized spacial score (nSPS) is 11.2. The molecule has 9 nitrogen and oxygen atoms in total. The lowest BCUT2D eigenvalue weighted by Crippen LogP contribution is -2.18. The van der Waals surface area contributed by atoms with Crippen LogP contribution in [0.1, 0.15) is 47.3 Å². The van der Waals surface area contributed by atoms with Crippen molar-refractivity contribution in [2.75, 3.05) is 5.32 Å². The second-order valence-electron chi connectivity index (χ2n) is 6.51. The lowest BCUT2D eigenvalue weighted by Gasteiger charge is -2.13. The first-order chi connectivity index (χ1) is 11.5. The standard InChI is InChI=1S/C16H18N4O5/c1-16(2,3)13-11(20(24)25)12(19(4)18-13)14(21)17-10-7-5-9(6-8-10)15(22)23/h5-8H,1-4H3,(H,17,21)(H,22,23). The lowest BCUT2D eigenvalue weighted by molar-refractivity contribution is -0.386. The summed E-state index contributed by atoms with van der Waals surface area (Å²) in [5, 5.41) is 27.0. The van der Waals surface area contributed by atoms with Crippen LogP contribution >= 0.6 is 0 Å². The number of aromatic carboxylic acids is 1. The topological polar surface area (TPSA) is 127 Å². The first-order valence-electron chi connectivity index (χ1n) is 7.39. The lowest BCUT2D eigenvalue weighted by atomic mass is 9.91. The number of hydrogen-bond donors (Lipinski definition) is 2. The number of hydrogen-bond acceptors (Lipinski definition) is 5. The Balaban J connectivity index is 2.41. The van der Waals surface area contributed by atoms with E-state index in [0.717, 1.165) is 0 Å². The van der Waals surface area contributed by atoms with Gasteiger partial charge in [0.05, 0.1) is 10.5 Å². The number of carbonyl (C=O) groups excluding carboxylic acids is 1. The quantitative estimate of drug-likeness (QED) is 0.647. The van der Waals surface area contributed by atoms with Gasteiger partial charge in [0, 0.05) is 18.2 Å². The smallest absolute Gasteiger partial charge is 0.335 e. The average molecular weight is 346 g/mol. The molecule has 132 valence electrons. The molecule has 2 rings (SSSR count). The number of carboxylic acid groups (broad SMARTS) is 1. The third kappa shape index (κ3) is 3.65. The molecule has 0 aliphatic heterocycles. The van der Waals surface area contributed by atoms with Crippen molar-refractivity contribution in [3.8, 4) is 0 Å². The summed E-state index contributed by atoms with van der Waals surface area (Å²) < 4.78 is 1.18. The number of rotatable bonds is 4. The van der Waals surface area contributed by atoms with Crippen LogP contribution in [-0.4, -0.2) is 31.7 Å². The fraction of sp³-hybridized carbons (Fsp3) is 0.312. The molecule has 0 radical (unpaired) electrons. The van der Waals surface area contributed by atoms with Gasteiger partial charge in [-0.1, -0.05) is 20.8 Å². The molecule has 1 aromatic carbocycles. The van der Waals surface area contributed by atoms with Crippen LogP contribution < -0.4 is 5.32 Å². The van der Waals surface area contributed by atoms with Crippen molar-refractivity contribution in [2.24, 2.45) is 7.05 Å². The van der Waals surface area contributed by atoms with Gasteiger partial charge in [-0.2, -0.15) is 5.10 Å². The zero-order valence-corrected chi connectivity index (χ0v) is 14.2. The van der Waals surface area contributed by atoms with Crippen molar-refractivity contribution in [1.29, 1.82) is 0 Å². The molecule has 0 aliphatic rings. The van der Waals surface area contributed by atoms with Crippen molar-refractivity contribution in [3.63, 3.8) is 0 Å². The number of nitro groups is 1. The van der Waals surface area contributed by atoms with E-state index in [1.807, 2.05) is 0 Å². The van der Waals surface area contributed by atoms with Crippen LogP contribution in [-0.2, 0) is 12.5 Å². The number of anilines is 1. The molecule has 0 fully saturated rings. The third-order valence-electron chi connectivity index (χ3n) is 3.52. The SMILES string of the molecule is Cn1nc(C(C)(C)C)c([N+](=O)[O-])c1C(=O)Nc1ccc(C(=O)O)cc1. The van der Waals surface area contributed by atoms with E-state index < -0.39 is 22.2 Å². The molecule has 1 heterocycles. The van der Waals surface area contributed by atoms with Gasteiger partial charge >= 0.3 is 11.7 Å². The molecule has 1 aromatic heterocycles. The number of nitrogens with one attached hydrogen (secondary N) is 1. The Bertz CT molecular complexity index is 847. The molecule has 25 heavy (non-hydrogen) atoms. The number of carboxylic acids is 1. The third-order valence-corrected chi connectivity index (χ3v) is 3.52. The van der Waals surface area contributed by atoms with Gasteiger partial charge in [-0.15, -0.1) is 0 Å². The Hall–Kier alpha value is -3.23. The van der Waals surface area contributed by atoms with Crippen LogP contribution in [0.2, 0.25) is 0 Å². The Morgan fingerprint density at radius 1 is 1.24 bits per heavy atom. The first-order valence-corrected chi connectivity index (χ1v) is 7.39. The van der Waals surface area contributed by atoms with Gasteiger partial charge in [0.15, 0.2) is 0 Å². The molecule has 0 atom stereocenters. The Morgan fingerprint density at radius 2 is 1.80 bits per heavy atom. The maximum absolute atomic E-state index is 12.5. The summed E-state index contributed by atoms with van der Waals surface area (Å²) in [6, 6.07) is 5.48. The van der Waals surface area contributed by atoms with Gasteiger partial charge in [-0.25, -0.2) is 4.79 Å². The summed E-state index contributed by atoms with van der Waals surface area (Å²) in [7, 11) is 1.46. The fourth-order valence-corrected chi connectivity index (χ4v) is 2.33. The zero-order chi connectivity index (χ0) is 18.9. The van der Waals surface area contributed by atoms with Gasteiger partial charge in [0.25, 0.3) is 5.91 Å². The minimum Gasteiger partial charge on any atom is -0.478 e. The number of aryl methyl sites for hydroxylation is 1. The van der Waals surface area contributed by atoms with Crippen molar-refractivity contribution in [1.82, 2.24) is 9.78 Å². The zero-order valence-electron chi connectivity index (χ0n) is 14.2. The van der Waals surface area contributed by atoms with Gasteiger partial charge < -0.3 is 10.4 Å². The van der Waals surface area contributed by atoms with Gasteiger partial charge in [0.1, 0.15) is 5.69 Å². The van der Waals surface area contributed by atoms with Crippen molar-refractivity contribution < 1.29 is 19.6 Å². The predicted molar refractivity (Wildman–Crippen MR) is 89.9 cm³/mol. The molecule has 0 bridgehead atoms. The Kier molecular flexibility index (Phi) is 4.60. The molecule has 0 saturated carbocycles. The van der Waals surface area contributed by atoms with Crippen LogP contribution in [0, 0.1) is 10.1 Å². The molecular weight excluding hydrogens is 328 g/mol. The van der Waals surface area contributed by atoms with Crippen LogP contribution in [0.4, 0.5) is 11.4 Å². The summed E-state index contributed by atoms with van der Waals surface area (Å²) in [5.41, 5.74) is -0.512. The molecule has 1 amide bonds.